The van der Waals surface area contributed by atoms with Crippen molar-refractivity contribution in [2.24, 2.45) is 0 Å². The van der Waals surface area contributed by atoms with Crippen molar-refractivity contribution in [3.8, 4) is 0 Å². The average molecular weight is 200 g/mol. The van der Waals surface area contributed by atoms with Gasteiger partial charge in [0.25, 0.3) is 0 Å². The molecule has 0 fully saturated rings. The minimum absolute atomic E-state index is 0.299. The SMILES string of the molecule is CCC(OS(=O)O)c1ccccc1. The monoisotopic (exact) mass is 200 g/mol. The third kappa shape index (κ3) is 3.26. The first kappa shape index (κ1) is 10.4. The molecule has 0 heterocycles. The number of hydrogen-bond acceptors (Lipinski definition) is 2. The molecule has 0 aliphatic rings. The lowest BCUT2D eigenvalue weighted by atomic mass is 10.1. The van der Waals surface area contributed by atoms with Crippen LogP contribution in [0.4, 0.5) is 0 Å². The molecule has 72 valence electrons. The Hall–Kier alpha value is -0.710. The quantitative estimate of drug-likeness (QED) is 0.758. The van der Waals surface area contributed by atoms with E-state index in [2.05, 4.69) is 0 Å². The summed E-state index contributed by atoms with van der Waals surface area (Å²) in [6.45, 7) is 1.91. The Morgan fingerprint density at radius 1 is 1.46 bits per heavy atom. The molecule has 0 bridgehead atoms. The summed E-state index contributed by atoms with van der Waals surface area (Å²) in [4.78, 5) is 0. The fraction of sp³-hybridized carbons (Fsp3) is 0.333. The summed E-state index contributed by atoms with van der Waals surface area (Å²) in [7, 11) is 0. The topological polar surface area (TPSA) is 46.5 Å². The first-order chi connectivity index (χ1) is 6.24. The lowest BCUT2D eigenvalue weighted by Crippen LogP contribution is -2.04. The maximum atomic E-state index is 10.4. The zero-order chi connectivity index (χ0) is 9.68. The second-order valence-corrected chi connectivity index (χ2v) is 3.25. The summed E-state index contributed by atoms with van der Waals surface area (Å²) in [6, 6.07) is 9.40. The van der Waals surface area contributed by atoms with Crippen molar-refractivity contribution in [3.63, 3.8) is 0 Å². The zero-order valence-electron chi connectivity index (χ0n) is 7.34. The van der Waals surface area contributed by atoms with Crippen molar-refractivity contribution in [1.29, 1.82) is 0 Å². The lowest BCUT2D eigenvalue weighted by Gasteiger charge is -2.12. The Bertz CT molecular complexity index is 273. The van der Waals surface area contributed by atoms with E-state index in [0.717, 1.165) is 5.56 Å². The molecule has 0 amide bonds. The molecule has 0 spiro atoms. The highest BCUT2D eigenvalue weighted by molar-refractivity contribution is 7.74. The molecule has 1 aromatic rings. The summed E-state index contributed by atoms with van der Waals surface area (Å²) < 4.78 is 23.8. The van der Waals surface area contributed by atoms with Crippen LogP contribution in [0.5, 0.6) is 0 Å². The molecule has 13 heavy (non-hydrogen) atoms. The van der Waals surface area contributed by atoms with Gasteiger partial charge in [-0.1, -0.05) is 37.3 Å². The highest BCUT2D eigenvalue weighted by atomic mass is 32.2. The molecule has 1 aromatic carbocycles. The van der Waals surface area contributed by atoms with Crippen molar-refractivity contribution in [2.45, 2.75) is 19.4 Å². The number of benzene rings is 1. The largest absolute Gasteiger partial charge is 0.302 e. The van der Waals surface area contributed by atoms with E-state index < -0.39 is 11.4 Å². The van der Waals surface area contributed by atoms with Crippen LogP contribution >= 0.6 is 0 Å². The molecular formula is C9H12O3S. The Morgan fingerprint density at radius 3 is 2.54 bits per heavy atom. The van der Waals surface area contributed by atoms with Crippen LogP contribution in [0, 0.1) is 0 Å². The lowest BCUT2D eigenvalue weighted by molar-refractivity contribution is 0.203. The van der Waals surface area contributed by atoms with Crippen LogP contribution in [-0.4, -0.2) is 8.76 Å². The predicted molar refractivity (Wildman–Crippen MR) is 51.3 cm³/mol. The van der Waals surface area contributed by atoms with E-state index in [1.165, 1.54) is 0 Å². The normalized spacial score (nSPS) is 15.2. The van der Waals surface area contributed by atoms with Crippen molar-refractivity contribution in [3.05, 3.63) is 35.9 Å². The van der Waals surface area contributed by atoms with E-state index in [-0.39, 0.29) is 6.10 Å². The molecule has 2 atom stereocenters. The van der Waals surface area contributed by atoms with Crippen LogP contribution in [0.1, 0.15) is 25.0 Å². The van der Waals surface area contributed by atoms with E-state index in [1.54, 1.807) is 0 Å². The highest BCUT2D eigenvalue weighted by Gasteiger charge is 2.11. The Kier molecular flexibility index (Phi) is 4.08. The summed E-state index contributed by atoms with van der Waals surface area (Å²) in [5.74, 6) is 0. The van der Waals surface area contributed by atoms with Crippen LogP contribution in [0.15, 0.2) is 30.3 Å². The van der Waals surface area contributed by atoms with Gasteiger partial charge in [0.1, 0.15) is 6.10 Å². The predicted octanol–water partition coefficient (Wildman–Crippen LogP) is 2.29. The molecule has 0 aliphatic carbocycles. The molecule has 1 rings (SSSR count). The average Bonchev–Trinajstić information content (AvgIpc) is 2.15. The van der Waals surface area contributed by atoms with Crippen LogP contribution in [-0.2, 0) is 15.5 Å². The Morgan fingerprint density at radius 2 is 2.08 bits per heavy atom. The first-order valence-corrected chi connectivity index (χ1v) is 5.10. The Labute approximate surface area is 80.2 Å². The van der Waals surface area contributed by atoms with Gasteiger partial charge in [0.15, 0.2) is 0 Å². The molecular weight excluding hydrogens is 188 g/mol. The maximum Gasteiger partial charge on any atom is 0.302 e. The fourth-order valence-corrected chi connectivity index (χ4v) is 1.57. The highest BCUT2D eigenvalue weighted by Crippen LogP contribution is 2.20. The molecule has 0 saturated carbocycles. The van der Waals surface area contributed by atoms with Crippen molar-refractivity contribution in [2.75, 3.05) is 0 Å². The van der Waals surface area contributed by atoms with Crippen LogP contribution in [0.3, 0.4) is 0 Å². The third-order valence-electron chi connectivity index (χ3n) is 1.74. The van der Waals surface area contributed by atoms with Gasteiger partial charge in [-0.3, -0.25) is 8.74 Å². The minimum atomic E-state index is -2.20. The van der Waals surface area contributed by atoms with Gasteiger partial charge < -0.3 is 0 Å². The van der Waals surface area contributed by atoms with Gasteiger partial charge >= 0.3 is 11.4 Å². The van der Waals surface area contributed by atoms with Crippen molar-refractivity contribution < 1.29 is 12.9 Å². The zero-order valence-corrected chi connectivity index (χ0v) is 8.16. The molecule has 4 heteroatoms. The van der Waals surface area contributed by atoms with Gasteiger partial charge in [-0.25, -0.2) is 0 Å². The van der Waals surface area contributed by atoms with Gasteiger partial charge in [-0.05, 0) is 12.0 Å². The maximum absolute atomic E-state index is 10.4. The summed E-state index contributed by atoms with van der Waals surface area (Å²) in [6.07, 6.45) is 0.378. The fourth-order valence-electron chi connectivity index (χ4n) is 1.13. The number of rotatable bonds is 4. The van der Waals surface area contributed by atoms with Gasteiger partial charge in [0.2, 0.25) is 0 Å². The molecule has 0 radical (unpaired) electrons. The van der Waals surface area contributed by atoms with E-state index in [0.29, 0.717) is 6.42 Å². The first-order valence-electron chi connectivity index (χ1n) is 4.07. The van der Waals surface area contributed by atoms with Gasteiger partial charge in [0.05, 0.1) is 0 Å². The minimum Gasteiger partial charge on any atom is -0.284 e. The molecule has 2 unspecified atom stereocenters. The summed E-state index contributed by atoms with van der Waals surface area (Å²) in [5.41, 5.74) is 0.924. The van der Waals surface area contributed by atoms with Crippen molar-refractivity contribution in [1.82, 2.24) is 0 Å². The van der Waals surface area contributed by atoms with Crippen LogP contribution in [0.25, 0.3) is 0 Å². The smallest absolute Gasteiger partial charge is 0.284 e. The summed E-state index contributed by atoms with van der Waals surface area (Å²) in [5, 5.41) is 0. The van der Waals surface area contributed by atoms with Gasteiger partial charge in [0, 0.05) is 0 Å². The standard InChI is InChI=1S/C9H12O3S/c1-2-9(12-13(10)11)8-6-4-3-5-7-8/h3-7,9H,2H2,1H3,(H,10,11). The second kappa shape index (κ2) is 5.11. The molecule has 0 aliphatic heterocycles. The Balaban J connectivity index is 2.73. The van der Waals surface area contributed by atoms with Crippen LogP contribution in [0.2, 0.25) is 0 Å². The third-order valence-corrected chi connectivity index (χ3v) is 2.14. The summed E-state index contributed by atoms with van der Waals surface area (Å²) >= 11 is -2.20. The molecule has 0 saturated heterocycles. The molecule has 3 nitrogen and oxygen atoms in total. The van der Waals surface area contributed by atoms with Crippen molar-refractivity contribution >= 4 is 11.4 Å². The number of hydrogen-bond donors (Lipinski definition) is 1. The van der Waals surface area contributed by atoms with E-state index in [1.807, 2.05) is 37.3 Å². The molecule has 1 N–H and O–H groups in total. The molecule has 0 aromatic heterocycles. The van der Waals surface area contributed by atoms with Crippen LogP contribution < -0.4 is 0 Å². The van der Waals surface area contributed by atoms with E-state index >= 15 is 0 Å². The second-order valence-electron chi connectivity index (χ2n) is 2.62. The van der Waals surface area contributed by atoms with Gasteiger partial charge in [-0.15, -0.1) is 0 Å². The van der Waals surface area contributed by atoms with E-state index in [9.17, 15) is 4.21 Å². The van der Waals surface area contributed by atoms with E-state index in [4.69, 9.17) is 8.74 Å². The van der Waals surface area contributed by atoms with Gasteiger partial charge in [-0.2, -0.15) is 4.21 Å².